The van der Waals surface area contributed by atoms with Gasteiger partial charge in [0.05, 0.1) is 19.2 Å². The summed E-state index contributed by atoms with van der Waals surface area (Å²) >= 11 is 0. The van der Waals surface area contributed by atoms with E-state index < -0.39 is 12.2 Å². The van der Waals surface area contributed by atoms with Crippen LogP contribution in [0.1, 0.15) is 19.3 Å². The first-order chi connectivity index (χ1) is 13.1. The quantitative estimate of drug-likeness (QED) is 0.883. The summed E-state index contributed by atoms with van der Waals surface area (Å²) in [5.74, 6) is -0.205. The van der Waals surface area contributed by atoms with Crippen LogP contribution >= 0.6 is 0 Å². The van der Waals surface area contributed by atoms with E-state index in [1.54, 1.807) is 0 Å². The van der Waals surface area contributed by atoms with Crippen molar-refractivity contribution < 1.29 is 13.6 Å². The molecule has 2 unspecified atom stereocenters. The molecular formula is C19H22FN5O2. The summed E-state index contributed by atoms with van der Waals surface area (Å²) in [4.78, 5) is 20.3. The van der Waals surface area contributed by atoms with E-state index in [1.165, 1.54) is 4.90 Å². The largest absolute Gasteiger partial charge is 0.423 e. The van der Waals surface area contributed by atoms with Crippen LogP contribution in [-0.4, -0.2) is 60.2 Å². The van der Waals surface area contributed by atoms with E-state index in [4.69, 9.17) is 9.68 Å². The summed E-state index contributed by atoms with van der Waals surface area (Å²) in [5.41, 5.74) is 1.63. The second-order valence-corrected chi connectivity index (χ2v) is 7.13. The minimum absolute atomic E-state index is 0.0227. The predicted octanol–water partition coefficient (Wildman–Crippen LogP) is 1.85. The maximum Gasteiger partial charge on any atom is 0.298 e. The molecule has 2 atom stereocenters. The number of carbonyl (C=O) groups is 1. The number of fused-ring (bicyclic) bond motifs is 1. The first-order valence-electron chi connectivity index (χ1n) is 9.31. The maximum atomic E-state index is 13.5. The third kappa shape index (κ3) is 3.74. The molecule has 2 aromatic rings. The fraction of sp³-hybridized carbons (Fsp3) is 0.526. The molecule has 8 heteroatoms. The Morgan fingerprint density at radius 2 is 2.15 bits per heavy atom. The molecule has 2 aliphatic rings. The Labute approximate surface area is 156 Å². The molecule has 0 saturated carbocycles. The molecule has 0 radical (unpaired) electrons. The fourth-order valence-electron chi connectivity index (χ4n) is 3.79. The predicted molar refractivity (Wildman–Crippen MR) is 97.9 cm³/mol. The second-order valence-electron chi connectivity index (χ2n) is 7.13. The number of amides is 1. The van der Waals surface area contributed by atoms with Gasteiger partial charge >= 0.3 is 0 Å². The number of nitrogens with one attached hydrogen (secondary N) is 1. The van der Waals surface area contributed by atoms with Gasteiger partial charge in [-0.25, -0.2) is 4.39 Å². The number of hydrogen-bond donors (Lipinski definition) is 1. The van der Waals surface area contributed by atoms with Crippen LogP contribution in [0, 0.1) is 11.3 Å². The summed E-state index contributed by atoms with van der Waals surface area (Å²) < 4.78 is 19.3. The van der Waals surface area contributed by atoms with E-state index in [-0.39, 0.29) is 31.5 Å². The van der Waals surface area contributed by atoms with Gasteiger partial charge in [-0.05, 0) is 25.0 Å². The van der Waals surface area contributed by atoms with Gasteiger partial charge in [-0.2, -0.15) is 10.2 Å². The van der Waals surface area contributed by atoms with Crippen molar-refractivity contribution in [3.63, 3.8) is 0 Å². The topological polar surface area (TPSA) is 85.4 Å². The van der Waals surface area contributed by atoms with Crippen LogP contribution in [0.4, 0.5) is 10.4 Å². The number of para-hydroxylation sites is 2. The van der Waals surface area contributed by atoms with Crippen molar-refractivity contribution in [2.75, 3.05) is 31.1 Å². The number of anilines is 1. The molecule has 0 aliphatic carbocycles. The summed E-state index contributed by atoms with van der Waals surface area (Å²) in [6.07, 6.45) is 0.738. The van der Waals surface area contributed by atoms with Crippen molar-refractivity contribution in [3.8, 4) is 6.07 Å². The molecule has 2 saturated heterocycles. The number of carbonyl (C=O) groups excluding carboxylic acids is 1. The van der Waals surface area contributed by atoms with Crippen molar-refractivity contribution in [1.29, 1.82) is 5.26 Å². The zero-order chi connectivity index (χ0) is 18.8. The summed E-state index contributed by atoms with van der Waals surface area (Å²) in [5, 5.41) is 12.3. The maximum absolute atomic E-state index is 13.5. The van der Waals surface area contributed by atoms with Crippen LogP contribution in [0.3, 0.4) is 0 Å². The summed E-state index contributed by atoms with van der Waals surface area (Å²) in [7, 11) is 0. The van der Waals surface area contributed by atoms with Gasteiger partial charge in [0.2, 0.25) is 5.91 Å². The molecule has 27 heavy (non-hydrogen) atoms. The Morgan fingerprint density at radius 3 is 2.89 bits per heavy atom. The number of alkyl halides is 1. The Bertz CT molecular complexity index is 822. The highest BCUT2D eigenvalue weighted by Gasteiger charge is 2.35. The highest BCUT2D eigenvalue weighted by molar-refractivity contribution is 5.79. The number of benzene rings is 1. The number of oxazole rings is 1. The van der Waals surface area contributed by atoms with Crippen LogP contribution in [0.15, 0.2) is 28.7 Å². The van der Waals surface area contributed by atoms with E-state index >= 15 is 0 Å². The monoisotopic (exact) mass is 371 g/mol. The smallest absolute Gasteiger partial charge is 0.298 e. The van der Waals surface area contributed by atoms with Crippen LogP contribution in [0.2, 0.25) is 0 Å². The molecular weight excluding hydrogens is 349 g/mol. The molecule has 0 bridgehead atoms. The van der Waals surface area contributed by atoms with Crippen molar-refractivity contribution in [3.05, 3.63) is 24.3 Å². The van der Waals surface area contributed by atoms with Crippen molar-refractivity contribution in [2.45, 2.75) is 37.5 Å². The number of aromatic nitrogens is 1. The summed E-state index contributed by atoms with van der Waals surface area (Å²) in [6.45, 7) is 1.74. The third-order valence-electron chi connectivity index (χ3n) is 5.31. The molecule has 2 aliphatic heterocycles. The Hall–Kier alpha value is -2.66. The zero-order valence-corrected chi connectivity index (χ0v) is 15.0. The molecule has 2 fully saturated rings. The first kappa shape index (κ1) is 17.7. The van der Waals surface area contributed by atoms with Gasteiger partial charge in [-0.1, -0.05) is 12.1 Å². The number of piperidine rings is 1. The number of hydrogen-bond acceptors (Lipinski definition) is 6. The Balaban J connectivity index is 1.27. The van der Waals surface area contributed by atoms with Crippen LogP contribution < -0.4 is 10.2 Å². The molecule has 1 N–H and O–H groups in total. The highest BCUT2D eigenvalue weighted by atomic mass is 19.1. The first-order valence-corrected chi connectivity index (χ1v) is 9.31. The lowest BCUT2D eigenvalue weighted by molar-refractivity contribution is -0.130. The fourth-order valence-corrected chi connectivity index (χ4v) is 3.79. The highest BCUT2D eigenvalue weighted by Crippen LogP contribution is 2.24. The van der Waals surface area contributed by atoms with Crippen molar-refractivity contribution in [1.82, 2.24) is 15.2 Å². The van der Waals surface area contributed by atoms with Crippen molar-refractivity contribution in [2.24, 2.45) is 0 Å². The Morgan fingerprint density at radius 1 is 1.37 bits per heavy atom. The zero-order valence-electron chi connectivity index (χ0n) is 15.0. The van der Waals surface area contributed by atoms with Crippen molar-refractivity contribution >= 4 is 23.0 Å². The van der Waals surface area contributed by atoms with E-state index in [1.807, 2.05) is 30.3 Å². The molecule has 7 nitrogen and oxygen atoms in total. The molecule has 1 amide bonds. The normalized spacial score (nSPS) is 23.7. The van der Waals surface area contributed by atoms with Gasteiger partial charge in [-0.3, -0.25) is 4.79 Å². The van der Waals surface area contributed by atoms with Gasteiger partial charge in [0.25, 0.3) is 6.01 Å². The van der Waals surface area contributed by atoms with Gasteiger partial charge < -0.3 is 19.5 Å². The minimum Gasteiger partial charge on any atom is -0.423 e. The molecule has 1 aromatic heterocycles. The van der Waals surface area contributed by atoms with E-state index in [9.17, 15) is 9.18 Å². The van der Waals surface area contributed by atoms with E-state index in [0.29, 0.717) is 6.01 Å². The minimum atomic E-state index is -1.10. The van der Waals surface area contributed by atoms with Gasteiger partial charge in [-0.15, -0.1) is 0 Å². The average molecular weight is 371 g/mol. The summed E-state index contributed by atoms with van der Waals surface area (Å²) in [6, 6.07) is 9.90. The molecule has 4 rings (SSSR count). The van der Waals surface area contributed by atoms with Gasteiger partial charge in [0.1, 0.15) is 17.7 Å². The lowest BCUT2D eigenvalue weighted by Crippen LogP contribution is -2.47. The third-order valence-corrected chi connectivity index (χ3v) is 5.31. The lowest BCUT2D eigenvalue weighted by Gasteiger charge is -2.31. The number of nitrogens with zero attached hydrogens (tertiary/aromatic N) is 4. The number of likely N-dealkylation sites (tertiary alicyclic amines) is 1. The number of nitriles is 1. The molecule has 1 aromatic carbocycles. The Kier molecular flexibility index (Phi) is 4.94. The number of halogens is 1. The van der Waals surface area contributed by atoms with Crippen LogP contribution in [0.25, 0.3) is 11.1 Å². The standard InChI is InChI=1S/C19H22FN5O2/c20-13-9-15(10-21)25(12-13)18(26)11-22-14-5-7-24(8-6-14)19-23-16-3-1-2-4-17(16)27-19/h1-4,13-15,22H,5-9,11-12H2. The van der Waals surface area contributed by atoms with Crippen LogP contribution in [-0.2, 0) is 4.79 Å². The second kappa shape index (κ2) is 7.53. The molecule has 3 heterocycles. The van der Waals surface area contributed by atoms with E-state index in [0.717, 1.165) is 37.0 Å². The SMILES string of the molecule is N#CC1CC(F)CN1C(=O)CNC1CCN(c2nc3ccccc3o2)CC1. The average Bonchev–Trinajstić information content (AvgIpc) is 3.29. The van der Waals surface area contributed by atoms with Gasteiger partial charge in [0.15, 0.2) is 5.58 Å². The molecule has 142 valence electrons. The lowest BCUT2D eigenvalue weighted by atomic mass is 10.1. The molecule has 0 spiro atoms. The van der Waals surface area contributed by atoms with Gasteiger partial charge in [0, 0.05) is 25.6 Å². The van der Waals surface area contributed by atoms with Crippen LogP contribution in [0.5, 0.6) is 0 Å². The van der Waals surface area contributed by atoms with E-state index in [2.05, 4.69) is 15.2 Å². The number of rotatable bonds is 4.